The number of ketones is 1. The number of carbonyl (C=O) groups is 2. The molecule has 0 atom stereocenters. The first kappa shape index (κ1) is 19.4. The van der Waals surface area contributed by atoms with Crippen LogP contribution < -0.4 is 0 Å². The highest BCUT2D eigenvalue weighted by Gasteiger charge is 2.38. The van der Waals surface area contributed by atoms with Gasteiger partial charge in [0.15, 0.2) is 5.78 Å². The average Bonchev–Trinajstić information content (AvgIpc) is 2.40. The lowest BCUT2D eigenvalue weighted by Gasteiger charge is -2.38. The molecule has 1 rings (SSSR count). The van der Waals surface area contributed by atoms with Gasteiger partial charge in [-0.05, 0) is 33.6 Å². The maximum atomic E-state index is 11.9. The number of amides is 1. The van der Waals surface area contributed by atoms with Crippen LogP contribution in [-0.2, 0) is 9.53 Å². The number of Topliss-reactive ketones (excluding diaryl/α,β-unsaturated/α-hetero) is 1. The summed E-state index contributed by atoms with van der Waals surface area (Å²) < 4.78 is 5.30. The number of ether oxygens (including phenoxy) is 1. The normalized spacial score (nSPS) is 17.1. The van der Waals surface area contributed by atoms with Gasteiger partial charge < -0.3 is 9.64 Å². The summed E-state index contributed by atoms with van der Waals surface area (Å²) in [5, 5.41) is 8.59. The molecule has 1 fully saturated rings. The van der Waals surface area contributed by atoms with Gasteiger partial charge in [-0.3, -0.25) is 4.79 Å². The zero-order valence-corrected chi connectivity index (χ0v) is 14.2. The Morgan fingerprint density at radius 2 is 1.71 bits per heavy atom. The van der Waals surface area contributed by atoms with Gasteiger partial charge in [-0.1, -0.05) is 20.8 Å². The zero-order chi connectivity index (χ0) is 16.7. The molecule has 0 aromatic rings. The van der Waals surface area contributed by atoms with E-state index in [4.69, 9.17) is 10.00 Å². The van der Waals surface area contributed by atoms with Crippen molar-refractivity contribution in [2.24, 2.45) is 5.41 Å². The van der Waals surface area contributed by atoms with E-state index in [9.17, 15) is 9.59 Å². The van der Waals surface area contributed by atoms with Crippen molar-refractivity contribution in [3.05, 3.63) is 0 Å². The lowest BCUT2D eigenvalue weighted by Crippen LogP contribution is -2.46. The van der Waals surface area contributed by atoms with E-state index < -0.39 is 11.0 Å². The van der Waals surface area contributed by atoms with Crippen LogP contribution in [0, 0.1) is 16.7 Å². The standard InChI is InChI=1S/C14H22N2O3.C2H6/c1-13(2,3)19-12(18)16-9-6-14(4,7-10-16)11(17)5-8-15;1-2/h5-7,9-10H2,1-4H3;1-2H3. The van der Waals surface area contributed by atoms with E-state index in [1.54, 1.807) is 4.90 Å². The van der Waals surface area contributed by atoms with Crippen molar-refractivity contribution < 1.29 is 14.3 Å². The lowest BCUT2D eigenvalue weighted by molar-refractivity contribution is -0.129. The van der Waals surface area contributed by atoms with Gasteiger partial charge in [-0.25, -0.2) is 4.79 Å². The molecule has 1 heterocycles. The number of hydrogen-bond acceptors (Lipinski definition) is 4. The fourth-order valence-electron chi connectivity index (χ4n) is 2.07. The molecule has 5 heteroatoms. The van der Waals surface area contributed by atoms with Crippen molar-refractivity contribution in [1.29, 1.82) is 5.26 Å². The molecule has 120 valence electrons. The molecule has 0 aromatic carbocycles. The molecule has 0 N–H and O–H groups in total. The number of piperidine rings is 1. The smallest absolute Gasteiger partial charge is 0.410 e. The molecule has 21 heavy (non-hydrogen) atoms. The first-order chi connectivity index (χ1) is 9.68. The van der Waals surface area contributed by atoms with Crippen LogP contribution in [0.15, 0.2) is 0 Å². The number of hydrogen-bond donors (Lipinski definition) is 0. The molecule has 1 amide bonds. The van der Waals surface area contributed by atoms with Crippen LogP contribution >= 0.6 is 0 Å². The highest BCUT2D eigenvalue weighted by atomic mass is 16.6. The summed E-state index contributed by atoms with van der Waals surface area (Å²) >= 11 is 0. The Hall–Kier alpha value is -1.57. The zero-order valence-electron chi connectivity index (χ0n) is 14.2. The molecule has 1 saturated heterocycles. The third-order valence-electron chi connectivity index (χ3n) is 3.43. The van der Waals surface area contributed by atoms with Gasteiger partial charge in [-0.15, -0.1) is 0 Å². The van der Waals surface area contributed by atoms with E-state index in [1.807, 2.05) is 47.6 Å². The Morgan fingerprint density at radius 3 is 2.10 bits per heavy atom. The maximum absolute atomic E-state index is 11.9. The topological polar surface area (TPSA) is 70.4 Å². The number of nitrogens with zero attached hydrogens (tertiary/aromatic N) is 2. The Morgan fingerprint density at radius 1 is 1.24 bits per heavy atom. The summed E-state index contributed by atoms with van der Waals surface area (Å²) in [6.45, 7) is 12.4. The lowest BCUT2D eigenvalue weighted by atomic mass is 9.76. The number of carbonyl (C=O) groups excluding carboxylic acids is 2. The monoisotopic (exact) mass is 296 g/mol. The number of likely N-dealkylation sites (tertiary alicyclic amines) is 1. The SMILES string of the molecule is CC.CC(C)(C)OC(=O)N1CCC(C)(C(=O)CC#N)CC1. The van der Waals surface area contributed by atoms with Gasteiger partial charge >= 0.3 is 6.09 Å². The molecule has 0 unspecified atom stereocenters. The van der Waals surface area contributed by atoms with Crippen LogP contribution in [0.2, 0.25) is 0 Å². The van der Waals surface area contributed by atoms with Crippen LogP contribution in [0.5, 0.6) is 0 Å². The summed E-state index contributed by atoms with van der Waals surface area (Å²) in [6.07, 6.45) is 0.796. The van der Waals surface area contributed by atoms with Crippen LogP contribution in [0.4, 0.5) is 4.79 Å². The van der Waals surface area contributed by atoms with Crippen LogP contribution in [-0.4, -0.2) is 35.5 Å². The van der Waals surface area contributed by atoms with Gasteiger partial charge in [0.05, 0.1) is 12.5 Å². The Balaban J connectivity index is 0.00000191. The molecule has 5 nitrogen and oxygen atoms in total. The average molecular weight is 296 g/mol. The predicted octanol–water partition coefficient (Wildman–Crippen LogP) is 3.53. The van der Waals surface area contributed by atoms with E-state index in [0.717, 1.165) is 0 Å². The van der Waals surface area contributed by atoms with Crippen LogP contribution in [0.3, 0.4) is 0 Å². The summed E-state index contributed by atoms with van der Waals surface area (Å²) in [5.41, 5.74) is -0.983. The summed E-state index contributed by atoms with van der Waals surface area (Å²) in [6, 6.07) is 1.90. The molecular formula is C16H28N2O3. The van der Waals surface area contributed by atoms with E-state index >= 15 is 0 Å². The minimum atomic E-state index is -0.505. The Bertz CT molecular complexity index is 397. The van der Waals surface area contributed by atoms with Crippen molar-refractivity contribution in [1.82, 2.24) is 4.90 Å². The van der Waals surface area contributed by atoms with Crippen molar-refractivity contribution in [2.75, 3.05) is 13.1 Å². The third-order valence-corrected chi connectivity index (χ3v) is 3.43. The van der Waals surface area contributed by atoms with Crippen molar-refractivity contribution in [3.8, 4) is 6.07 Å². The molecule has 0 saturated carbocycles. The molecule has 0 spiro atoms. The fourth-order valence-corrected chi connectivity index (χ4v) is 2.07. The predicted molar refractivity (Wildman–Crippen MR) is 81.7 cm³/mol. The Labute approximate surface area is 128 Å². The van der Waals surface area contributed by atoms with E-state index in [0.29, 0.717) is 25.9 Å². The highest BCUT2D eigenvalue weighted by molar-refractivity contribution is 5.86. The molecule has 0 aliphatic carbocycles. The molecule has 1 aliphatic heterocycles. The Kier molecular flexibility index (Phi) is 7.42. The quantitative estimate of drug-likeness (QED) is 0.781. The van der Waals surface area contributed by atoms with Crippen molar-refractivity contribution in [2.45, 2.75) is 66.4 Å². The van der Waals surface area contributed by atoms with E-state index in [-0.39, 0.29) is 18.3 Å². The van der Waals surface area contributed by atoms with Crippen molar-refractivity contribution >= 4 is 11.9 Å². The summed E-state index contributed by atoms with van der Waals surface area (Å²) in [5.74, 6) is -0.0289. The van der Waals surface area contributed by atoms with Gasteiger partial charge in [0, 0.05) is 18.5 Å². The van der Waals surface area contributed by atoms with Gasteiger partial charge in [-0.2, -0.15) is 5.26 Å². The summed E-state index contributed by atoms with van der Waals surface area (Å²) in [7, 11) is 0. The van der Waals surface area contributed by atoms with Gasteiger partial charge in [0.25, 0.3) is 0 Å². The number of nitriles is 1. The van der Waals surface area contributed by atoms with Crippen LogP contribution in [0.25, 0.3) is 0 Å². The minimum Gasteiger partial charge on any atom is -0.444 e. The van der Waals surface area contributed by atoms with E-state index in [1.165, 1.54) is 0 Å². The fraction of sp³-hybridized carbons (Fsp3) is 0.812. The maximum Gasteiger partial charge on any atom is 0.410 e. The first-order valence-electron chi connectivity index (χ1n) is 7.56. The molecule has 0 radical (unpaired) electrons. The van der Waals surface area contributed by atoms with Gasteiger partial charge in [0.1, 0.15) is 5.60 Å². The van der Waals surface area contributed by atoms with Gasteiger partial charge in [0.2, 0.25) is 0 Å². The third kappa shape index (κ3) is 6.16. The highest BCUT2D eigenvalue weighted by Crippen LogP contribution is 2.33. The second-order valence-corrected chi connectivity index (χ2v) is 6.29. The molecule has 0 aromatic heterocycles. The number of rotatable bonds is 2. The van der Waals surface area contributed by atoms with Crippen molar-refractivity contribution in [3.63, 3.8) is 0 Å². The van der Waals surface area contributed by atoms with E-state index in [2.05, 4.69) is 0 Å². The largest absolute Gasteiger partial charge is 0.444 e. The first-order valence-corrected chi connectivity index (χ1v) is 7.56. The second-order valence-electron chi connectivity index (χ2n) is 6.29. The molecular weight excluding hydrogens is 268 g/mol. The summed E-state index contributed by atoms with van der Waals surface area (Å²) in [4.78, 5) is 25.4. The second kappa shape index (κ2) is 8.02. The minimum absolute atomic E-state index is 0.0289. The molecule has 0 bridgehead atoms. The van der Waals surface area contributed by atoms with Crippen LogP contribution in [0.1, 0.15) is 60.8 Å². The molecule has 1 aliphatic rings.